The summed E-state index contributed by atoms with van der Waals surface area (Å²) >= 11 is 0. The SMILES string of the molecule is COc1cc(Nc2nc(C)cc(NC3CCCCC3)n2)cc(OC)c1OC. The lowest BCUT2D eigenvalue weighted by Gasteiger charge is -2.23. The van der Waals surface area contributed by atoms with E-state index in [1.54, 1.807) is 21.3 Å². The van der Waals surface area contributed by atoms with Crippen molar-refractivity contribution in [2.45, 2.75) is 45.1 Å². The van der Waals surface area contributed by atoms with Gasteiger partial charge in [0.25, 0.3) is 0 Å². The number of ether oxygens (including phenoxy) is 3. The average molecular weight is 372 g/mol. The molecule has 1 aromatic heterocycles. The first kappa shape index (κ1) is 19.1. The van der Waals surface area contributed by atoms with E-state index in [0.29, 0.717) is 29.2 Å². The zero-order valence-corrected chi connectivity index (χ0v) is 16.5. The molecule has 7 heteroatoms. The first-order valence-corrected chi connectivity index (χ1v) is 9.32. The number of rotatable bonds is 7. The molecule has 0 spiro atoms. The minimum absolute atomic E-state index is 0.488. The third kappa shape index (κ3) is 4.72. The maximum atomic E-state index is 5.41. The normalized spacial score (nSPS) is 14.5. The lowest BCUT2D eigenvalue weighted by molar-refractivity contribution is 0.324. The van der Waals surface area contributed by atoms with E-state index in [-0.39, 0.29) is 0 Å². The summed E-state index contributed by atoms with van der Waals surface area (Å²) in [5.74, 6) is 3.09. The molecule has 0 atom stereocenters. The first-order chi connectivity index (χ1) is 13.1. The van der Waals surface area contributed by atoms with Gasteiger partial charge in [-0.15, -0.1) is 0 Å². The number of benzene rings is 1. The quantitative estimate of drug-likeness (QED) is 0.750. The smallest absolute Gasteiger partial charge is 0.229 e. The van der Waals surface area contributed by atoms with Gasteiger partial charge in [0.05, 0.1) is 21.3 Å². The van der Waals surface area contributed by atoms with Gasteiger partial charge in [0.15, 0.2) is 11.5 Å². The van der Waals surface area contributed by atoms with Crippen molar-refractivity contribution in [3.63, 3.8) is 0 Å². The van der Waals surface area contributed by atoms with Gasteiger partial charge < -0.3 is 24.8 Å². The number of hydrogen-bond donors (Lipinski definition) is 2. The minimum atomic E-state index is 0.488. The molecule has 1 heterocycles. The fourth-order valence-corrected chi connectivity index (χ4v) is 3.44. The summed E-state index contributed by atoms with van der Waals surface area (Å²) in [6.07, 6.45) is 6.27. The molecule has 1 fully saturated rings. The van der Waals surface area contributed by atoms with Crippen LogP contribution < -0.4 is 24.8 Å². The summed E-state index contributed by atoms with van der Waals surface area (Å²) in [6.45, 7) is 1.97. The number of methoxy groups -OCH3 is 3. The molecular weight excluding hydrogens is 344 g/mol. The molecule has 0 radical (unpaired) electrons. The molecule has 2 N–H and O–H groups in total. The molecule has 146 valence electrons. The van der Waals surface area contributed by atoms with E-state index >= 15 is 0 Å². The van der Waals surface area contributed by atoms with E-state index in [2.05, 4.69) is 20.6 Å². The van der Waals surface area contributed by atoms with Gasteiger partial charge in [0, 0.05) is 35.6 Å². The Hall–Kier alpha value is -2.70. The fraction of sp³-hybridized carbons (Fsp3) is 0.500. The van der Waals surface area contributed by atoms with E-state index in [1.165, 1.54) is 32.1 Å². The maximum Gasteiger partial charge on any atom is 0.229 e. The molecule has 2 aromatic rings. The first-order valence-electron chi connectivity index (χ1n) is 9.32. The van der Waals surface area contributed by atoms with E-state index < -0.39 is 0 Å². The summed E-state index contributed by atoms with van der Waals surface area (Å²) in [4.78, 5) is 9.13. The van der Waals surface area contributed by atoms with Gasteiger partial charge in [-0.2, -0.15) is 4.98 Å². The van der Waals surface area contributed by atoms with Crippen LogP contribution in [0.3, 0.4) is 0 Å². The average Bonchev–Trinajstić information content (AvgIpc) is 2.67. The zero-order valence-electron chi connectivity index (χ0n) is 16.5. The van der Waals surface area contributed by atoms with E-state index in [9.17, 15) is 0 Å². The predicted molar refractivity (Wildman–Crippen MR) is 107 cm³/mol. The van der Waals surface area contributed by atoms with Gasteiger partial charge in [-0.1, -0.05) is 19.3 Å². The molecule has 1 saturated carbocycles. The van der Waals surface area contributed by atoms with Crippen LogP contribution in [0.1, 0.15) is 37.8 Å². The lowest BCUT2D eigenvalue weighted by Crippen LogP contribution is -2.23. The maximum absolute atomic E-state index is 5.41. The van der Waals surface area contributed by atoms with Crippen molar-refractivity contribution in [2.24, 2.45) is 0 Å². The van der Waals surface area contributed by atoms with E-state index in [4.69, 9.17) is 14.2 Å². The number of aromatic nitrogens is 2. The van der Waals surface area contributed by atoms with Gasteiger partial charge in [0.2, 0.25) is 11.7 Å². The van der Waals surface area contributed by atoms with Crippen LogP contribution in [0.25, 0.3) is 0 Å². The Morgan fingerprint density at radius 3 is 2.15 bits per heavy atom. The third-order valence-corrected chi connectivity index (χ3v) is 4.73. The fourth-order valence-electron chi connectivity index (χ4n) is 3.44. The number of anilines is 3. The van der Waals surface area contributed by atoms with Crippen LogP contribution in [-0.2, 0) is 0 Å². The van der Waals surface area contributed by atoms with E-state index in [0.717, 1.165) is 17.2 Å². The number of nitrogens with one attached hydrogen (secondary N) is 2. The number of aryl methyl sites for hydroxylation is 1. The van der Waals surface area contributed by atoms with Crippen LogP contribution in [0.2, 0.25) is 0 Å². The zero-order chi connectivity index (χ0) is 19.2. The molecule has 27 heavy (non-hydrogen) atoms. The lowest BCUT2D eigenvalue weighted by atomic mass is 9.95. The summed E-state index contributed by atoms with van der Waals surface area (Å²) in [5, 5.41) is 6.80. The highest BCUT2D eigenvalue weighted by atomic mass is 16.5. The molecular formula is C20H28N4O3. The van der Waals surface area contributed by atoms with Gasteiger partial charge in [-0.25, -0.2) is 4.98 Å². The van der Waals surface area contributed by atoms with Crippen molar-refractivity contribution < 1.29 is 14.2 Å². The Morgan fingerprint density at radius 1 is 0.889 bits per heavy atom. The molecule has 7 nitrogen and oxygen atoms in total. The highest BCUT2D eigenvalue weighted by Gasteiger charge is 2.16. The molecule has 0 aliphatic heterocycles. The van der Waals surface area contributed by atoms with Crippen molar-refractivity contribution >= 4 is 17.5 Å². The van der Waals surface area contributed by atoms with Gasteiger partial charge >= 0.3 is 0 Å². The third-order valence-electron chi connectivity index (χ3n) is 4.73. The topological polar surface area (TPSA) is 77.5 Å². The molecule has 0 unspecified atom stereocenters. The van der Waals surface area contributed by atoms with Gasteiger partial charge in [-0.05, 0) is 19.8 Å². The highest BCUT2D eigenvalue weighted by molar-refractivity contribution is 5.66. The van der Waals surface area contributed by atoms with Crippen LogP contribution in [0.5, 0.6) is 17.2 Å². The Balaban J connectivity index is 1.82. The summed E-state index contributed by atoms with van der Waals surface area (Å²) in [7, 11) is 4.77. The Morgan fingerprint density at radius 2 is 1.56 bits per heavy atom. The predicted octanol–water partition coefficient (Wildman–Crippen LogP) is 4.30. The Kier molecular flexibility index (Phi) is 6.21. The van der Waals surface area contributed by atoms with Crippen LogP contribution in [0, 0.1) is 6.92 Å². The summed E-state index contributed by atoms with van der Waals surface area (Å²) < 4.78 is 16.2. The molecule has 1 aromatic carbocycles. The Labute approximate surface area is 160 Å². The number of nitrogens with zero attached hydrogens (tertiary/aromatic N) is 2. The second-order valence-electron chi connectivity index (χ2n) is 6.74. The second kappa shape index (κ2) is 8.79. The van der Waals surface area contributed by atoms with Crippen molar-refractivity contribution in [2.75, 3.05) is 32.0 Å². The van der Waals surface area contributed by atoms with Crippen LogP contribution in [0.15, 0.2) is 18.2 Å². The standard InChI is InChI=1S/C20H28N4O3/c1-13-10-18(22-14-8-6-5-7-9-14)24-20(21-13)23-15-11-16(25-2)19(27-4)17(12-15)26-3/h10-12,14H,5-9H2,1-4H3,(H2,21,22,23,24). The molecule has 1 aliphatic carbocycles. The van der Waals surface area contributed by atoms with Gasteiger partial charge in [-0.3, -0.25) is 0 Å². The molecule has 0 amide bonds. The summed E-state index contributed by atoms with van der Waals surface area (Å²) in [5.41, 5.74) is 1.66. The highest BCUT2D eigenvalue weighted by Crippen LogP contribution is 2.40. The van der Waals surface area contributed by atoms with E-state index in [1.807, 2.05) is 25.1 Å². The molecule has 1 aliphatic rings. The summed E-state index contributed by atoms with van der Waals surface area (Å²) in [6, 6.07) is 6.14. The minimum Gasteiger partial charge on any atom is -0.493 e. The molecule has 3 rings (SSSR count). The van der Waals surface area contributed by atoms with Crippen molar-refractivity contribution in [3.05, 3.63) is 23.9 Å². The van der Waals surface area contributed by atoms with Crippen LogP contribution in [0.4, 0.5) is 17.5 Å². The van der Waals surface area contributed by atoms with Crippen molar-refractivity contribution in [3.8, 4) is 17.2 Å². The van der Waals surface area contributed by atoms with Crippen LogP contribution in [-0.4, -0.2) is 37.3 Å². The monoisotopic (exact) mass is 372 g/mol. The molecule has 0 saturated heterocycles. The van der Waals surface area contributed by atoms with Crippen molar-refractivity contribution in [1.82, 2.24) is 9.97 Å². The largest absolute Gasteiger partial charge is 0.493 e. The van der Waals surface area contributed by atoms with Crippen LogP contribution >= 0.6 is 0 Å². The molecule has 0 bridgehead atoms. The second-order valence-corrected chi connectivity index (χ2v) is 6.74. The van der Waals surface area contributed by atoms with Gasteiger partial charge in [0.1, 0.15) is 5.82 Å². The van der Waals surface area contributed by atoms with Crippen molar-refractivity contribution in [1.29, 1.82) is 0 Å². The number of hydrogen-bond acceptors (Lipinski definition) is 7. The Bertz CT molecular complexity index is 751.